The number of nitrogens with one attached hydrogen (secondary N) is 1. The molecule has 0 spiro atoms. The summed E-state index contributed by atoms with van der Waals surface area (Å²) in [5.41, 5.74) is 7.57. The fourth-order valence-electron chi connectivity index (χ4n) is 1.85. The normalized spacial score (nSPS) is 11.3. The van der Waals surface area contributed by atoms with E-state index in [0.29, 0.717) is 11.3 Å². The number of anilines is 1. The topological polar surface area (TPSA) is 72.2 Å². The molecule has 0 bridgehead atoms. The van der Waals surface area contributed by atoms with Crippen LogP contribution in [0.4, 0.5) is 5.69 Å². The first-order valence-electron chi connectivity index (χ1n) is 6.01. The Labute approximate surface area is 127 Å². The lowest BCUT2D eigenvalue weighted by molar-refractivity contribution is 0.600. The highest BCUT2D eigenvalue weighted by atomic mass is 79.9. The summed E-state index contributed by atoms with van der Waals surface area (Å²) in [5, 5.41) is 0. The summed E-state index contributed by atoms with van der Waals surface area (Å²) < 4.78 is 28.4. The van der Waals surface area contributed by atoms with Crippen LogP contribution in [0.2, 0.25) is 0 Å². The Hall–Kier alpha value is -1.37. The van der Waals surface area contributed by atoms with Gasteiger partial charge in [-0.05, 0) is 36.2 Å². The van der Waals surface area contributed by atoms with Crippen LogP contribution in [0.1, 0.15) is 11.1 Å². The van der Waals surface area contributed by atoms with Crippen LogP contribution in [0.15, 0.2) is 51.8 Å². The molecule has 4 nitrogen and oxygen atoms in total. The second-order valence-electron chi connectivity index (χ2n) is 4.33. The van der Waals surface area contributed by atoms with Gasteiger partial charge in [0.25, 0.3) is 10.0 Å². The molecule has 0 radical (unpaired) electrons. The zero-order valence-corrected chi connectivity index (χ0v) is 13.3. The standard InChI is InChI=1S/C14H15BrN2O2S/c1-10-12(15)6-4-7-13(10)17-20(18,19)14-8-3-2-5-11(14)9-16/h2-8,17H,9,16H2,1H3. The molecule has 0 aliphatic rings. The summed E-state index contributed by atoms with van der Waals surface area (Å²) >= 11 is 3.38. The molecule has 0 atom stereocenters. The minimum absolute atomic E-state index is 0.175. The molecular weight excluding hydrogens is 340 g/mol. The second kappa shape index (κ2) is 5.95. The maximum absolute atomic E-state index is 12.5. The van der Waals surface area contributed by atoms with E-state index < -0.39 is 10.0 Å². The van der Waals surface area contributed by atoms with Crippen molar-refractivity contribution in [2.75, 3.05) is 4.72 Å². The molecule has 0 aliphatic heterocycles. The van der Waals surface area contributed by atoms with Gasteiger partial charge in [-0.3, -0.25) is 4.72 Å². The fourth-order valence-corrected chi connectivity index (χ4v) is 3.59. The van der Waals surface area contributed by atoms with Crippen molar-refractivity contribution in [1.29, 1.82) is 0 Å². The third-order valence-electron chi connectivity index (χ3n) is 2.99. The molecule has 2 aromatic rings. The summed E-state index contributed by atoms with van der Waals surface area (Å²) in [7, 11) is -3.65. The molecule has 0 heterocycles. The number of sulfonamides is 1. The first-order valence-corrected chi connectivity index (χ1v) is 8.29. The minimum atomic E-state index is -3.65. The lowest BCUT2D eigenvalue weighted by atomic mass is 10.2. The molecular formula is C14H15BrN2O2S. The van der Waals surface area contributed by atoms with Gasteiger partial charge in [0.2, 0.25) is 0 Å². The van der Waals surface area contributed by atoms with Gasteiger partial charge in [0.1, 0.15) is 0 Å². The number of hydrogen-bond donors (Lipinski definition) is 2. The molecule has 0 unspecified atom stereocenters. The van der Waals surface area contributed by atoms with Crippen molar-refractivity contribution in [1.82, 2.24) is 0 Å². The summed E-state index contributed by atoms with van der Waals surface area (Å²) in [4.78, 5) is 0.210. The largest absolute Gasteiger partial charge is 0.326 e. The van der Waals surface area contributed by atoms with Crippen LogP contribution in [-0.4, -0.2) is 8.42 Å². The van der Waals surface area contributed by atoms with Crippen molar-refractivity contribution in [3.05, 3.63) is 58.1 Å². The maximum Gasteiger partial charge on any atom is 0.262 e. The molecule has 6 heteroatoms. The third-order valence-corrected chi connectivity index (χ3v) is 5.32. The van der Waals surface area contributed by atoms with Crippen LogP contribution in [0, 0.1) is 6.92 Å². The van der Waals surface area contributed by atoms with Crippen LogP contribution < -0.4 is 10.5 Å². The number of nitrogens with two attached hydrogens (primary N) is 1. The van der Waals surface area contributed by atoms with Gasteiger partial charge < -0.3 is 5.73 Å². The predicted molar refractivity (Wildman–Crippen MR) is 84.0 cm³/mol. The Balaban J connectivity index is 2.44. The van der Waals surface area contributed by atoms with Gasteiger partial charge in [-0.2, -0.15) is 0 Å². The highest BCUT2D eigenvalue weighted by Gasteiger charge is 2.18. The summed E-state index contributed by atoms with van der Waals surface area (Å²) in [6.07, 6.45) is 0. The minimum Gasteiger partial charge on any atom is -0.326 e. The SMILES string of the molecule is Cc1c(Br)cccc1NS(=O)(=O)c1ccccc1CN. The first-order chi connectivity index (χ1) is 9.45. The number of hydrogen-bond acceptors (Lipinski definition) is 3. The number of rotatable bonds is 4. The predicted octanol–water partition coefficient (Wildman–Crippen LogP) is 3.02. The zero-order chi connectivity index (χ0) is 14.8. The quantitative estimate of drug-likeness (QED) is 0.886. The Kier molecular flexibility index (Phi) is 4.47. The van der Waals surface area contributed by atoms with Crippen LogP contribution in [-0.2, 0) is 16.6 Å². The Morgan fingerprint density at radius 1 is 1.15 bits per heavy atom. The van der Waals surface area contributed by atoms with Gasteiger partial charge in [-0.15, -0.1) is 0 Å². The Morgan fingerprint density at radius 2 is 1.85 bits per heavy atom. The summed E-state index contributed by atoms with van der Waals surface area (Å²) in [6, 6.07) is 12.1. The second-order valence-corrected chi connectivity index (χ2v) is 6.83. The van der Waals surface area contributed by atoms with Crippen molar-refractivity contribution >= 4 is 31.6 Å². The van der Waals surface area contributed by atoms with E-state index in [1.54, 1.807) is 36.4 Å². The molecule has 0 saturated carbocycles. The average Bonchev–Trinajstić information content (AvgIpc) is 2.43. The molecule has 0 amide bonds. The molecule has 0 aromatic heterocycles. The van der Waals surface area contributed by atoms with Crippen LogP contribution >= 0.6 is 15.9 Å². The van der Waals surface area contributed by atoms with E-state index in [1.807, 2.05) is 13.0 Å². The van der Waals surface area contributed by atoms with E-state index >= 15 is 0 Å². The average molecular weight is 355 g/mol. The smallest absolute Gasteiger partial charge is 0.262 e. The monoisotopic (exact) mass is 354 g/mol. The number of halogens is 1. The van der Waals surface area contributed by atoms with Crippen molar-refractivity contribution in [3.63, 3.8) is 0 Å². The van der Waals surface area contributed by atoms with Gasteiger partial charge in [0, 0.05) is 11.0 Å². The van der Waals surface area contributed by atoms with E-state index in [-0.39, 0.29) is 11.4 Å². The Morgan fingerprint density at radius 3 is 2.55 bits per heavy atom. The van der Waals surface area contributed by atoms with Crippen molar-refractivity contribution in [3.8, 4) is 0 Å². The first kappa shape index (κ1) is 15.0. The van der Waals surface area contributed by atoms with Crippen LogP contribution in [0.5, 0.6) is 0 Å². The summed E-state index contributed by atoms with van der Waals surface area (Å²) in [5.74, 6) is 0. The van der Waals surface area contributed by atoms with Crippen LogP contribution in [0.25, 0.3) is 0 Å². The van der Waals surface area contributed by atoms with E-state index in [9.17, 15) is 8.42 Å². The van der Waals surface area contributed by atoms with Gasteiger partial charge >= 0.3 is 0 Å². The Bertz CT molecular complexity index is 730. The number of benzene rings is 2. The molecule has 3 N–H and O–H groups in total. The van der Waals surface area contributed by atoms with Crippen LogP contribution in [0.3, 0.4) is 0 Å². The zero-order valence-electron chi connectivity index (χ0n) is 10.9. The van der Waals surface area contributed by atoms with Crippen molar-refractivity contribution in [2.24, 2.45) is 5.73 Å². The molecule has 20 heavy (non-hydrogen) atoms. The molecule has 0 fully saturated rings. The lowest BCUT2D eigenvalue weighted by Gasteiger charge is -2.13. The van der Waals surface area contributed by atoms with E-state index in [2.05, 4.69) is 20.7 Å². The van der Waals surface area contributed by atoms with E-state index in [0.717, 1.165) is 10.0 Å². The van der Waals surface area contributed by atoms with E-state index in [1.165, 1.54) is 0 Å². The fraction of sp³-hybridized carbons (Fsp3) is 0.143. The van der Waals surface area contributed by atoms with E-state index in [4.69, 9.17) is 5.73 Å². The van der Waals surface area contributed by atoms with Gasteiger partial charge in [0.05, 0.1) is 10.6 Å². The molecule has 0 aliphatic carbocycles. The van der Waals surface area contributed by atoms with Gasteiger partial charge in [0.15, 0.2) is 0 Å². The highest BCUT2D eigenvalue weighted by molar-refractivity contribution is 9.10. The van der Waals surface area contributed by atoms with Gasteiger partial charge in [-0.1, -0.05) is 40.2 Å². The molecule has 2 aromatic carbocycles. The van der Waals surface area contributed by atoms with Crippen molar-refractivity contribution < 1.29 is 8.42 Å². The molecule has 0 saturated heterocycles. The maximum atomic E-state index is 12.5. The molecule has 106 valence electrons. The highest BCUT2D eigenvalue weighted by Crippen LogP contribution is 2.26. The third kappa shape index (κ3) is 3.03. The van der Waals surface area contributed by atoms with Crippen molar-refractivity contribution in [2.45, 2.75) is 18.4 Å². The summed E-state index contributed by atoms with van der Waals surface area (Å²) in [6.45, 7) is 2.02. The molecule has 2 rings (SSSR count). The lowest BCUT2D eigenvalue weighted by Crippen LogP contribution is -2.16. The van der Waals surface area contributed by atoms with Gasteiger partial charge in [-0.25, -0.2) is 8.42 Å².